The molecular formula is C22H21N3O. The zero-order chi connectivity index (χ0) is 18.1. The quantitative estimate of drug-likeness (QED) is 0.528. The lowest BCUT2D eigenvalue weighted by Crippen LogP contribution is -2.12. The fraction of sp³-hybridized carbons (Fsp3) is 0.136. The molecule has 0 saturated carbocycles. The minimum Gasteiger partial charge on any atom is -0.392 e. The molecule has 4 aromatic rings. The molecule has 1 aromatic heterocycles. The second kappa shape index (κ2) is 6.65. The molecule has 0 spiro atoms. The zero-order valence-electron chi connectivity index (χ0n) is 14.9. The molecule has 4 nitrogen and oxygen atoms in total. The van der Waals surface area contributed by atoms with Crippen LogP contribution in [-0.4, -0.2) is 24.2 Å². The SMILES string of the molecule is CNc1cc(CO)cc(N(C)c2c3ccccc3nc3ccccc23)c1. The number of aliphatic hydroxyl groups excluding tert-OH is 1. The Morgan fingerprint density at radius 1 is 0.923 bits per heavy atom. The third kappa shape index (κ3) is 2.74. The van der Waals surface area contributed by atoms with Crippen LogP contribution in [0.15, 0.2) is 66.7 Å². The number of para-hydroxylation sites is 2. The van der Waals surface area contributed by atoms with E-state index in [0.29, 0.717) is 0 Å². The van der Waals surface area contributed by atoms with Gasteiger partial charge < -0.3 is 15.3 Å². The number of nitrogens with zero attached hydrogens (tertiary/aromatic N) is 2. The summed E-state index contributed by atoms with van der Waals surface area (Å²) in [6.07, 6.45) is 0. The van der Waals surface area contributed by atoms with Gasteiger partial charge in [0.15, 0.2) is 0 Å². The second-order valence-corrected chi connectivity index (χ2v) is 6.35. The predicted molar refractivity (Wildman–Crippen MR) is 109 cm³/mol. The smallest absolute Gasteiger partial charge is 0.0730 e. The van der Waals surface area contributed by atoms with Gasteiger partial charge >= 0.3 is 0 Å². The Morgan fingerprint density at radius 2 is 1.54 bits per heavy atom. The maximum Gasteiger partial charge on any atom is 0.0730 e. The van der Waals surface area contributed by atoms with Gasteiger partial charge in [-0.15, -0.1) is 0 Å². The summed E-state index contributed by atoms with van der Waals surface area (Å²) < 4.78 is 0. The summed E-state index contributed by atoms with van der Waals surface area (Å²) in [5.74, 6) is 0. The molecule has 2 N–H and O–H groups in total. The van der Waals surface area contributed by atoms with Crippen molar-refractivity contribution in [1.82, 2.24) is 4.98 Å². The fourth-order valence-corrected chi connectivity index (χ4v) is 3.41. The van der Waals surface area contributed by atoms with Crippen LogP contribution in [0.5, 0.6) is 0 Å². The summed E-state index contributed by atoms with van der Waals surface area (Å²) in [5.41, 5.74) is 5.92. The van der Waals surface area contributed by atoms with E-state index in [9.17, 15) is 5.11 Å². The van der Waals surface area contributed by atoms with Crippen LogP contribution >= 0.6 is 0 Å². The molecule has 0 saturated heterocycles. The van der Waals surface area contributed by atoms with Crippen LogP contribution in [0.2, 0.25) is 0 Å². The van der Waals surface area contributed by atoms with E-state index in [0.717, 1.165) is 44.4 Å². The van der Waals surface area contributed by atoms with Crippen molar-refractivity contribution in [3.8, 4) is 0 Å². The summed E-state index contributed by atoms with van der Waals surface area (Å²) in [6, 6.07) is 22.5. The van der Waals surface area contributed by atoms with Gasteiger partial charge in [-0.2, -0.15) is 0 Å². The number of hydrogen-bond acceptors (Lipinski definition) is 4. The Balaban J connectivity index is 2.00. The molecule has 0 radical (unpaired) electrons. The normalized spacial score (nSPS) is 11.0. The molecule has 0 aliphatic heterocycles. The molecule has 0 aliphatic rings. The Bertz CT molecular complexity index is 1010. The Kier molecular flexibility index (Phi) is 4.19. The molecule has 0 bridgehead atoms. The van der Waals surface area contributed by atoms with Gasteiger partial charge in [0.25, 0.3) is 0 Å². The molecule has 0 atom stereocenters. The molecule has 4 heteroatoms. The van der Waals surface area contributed by atoms with Crippen molar-refractivity contribution in [1.29, 1.82) is 0 Å². The van der Waals surface area contributed by atoms with E-state index in [4.69, 9.17) is 4.98 Å². The molecule has 3 aromatic carbocycles. The largest absolute Gasteiger partial charge is 0.392 e. The number of nitrogens with one attached hydrogen (secondary N) is 1. The molecule has 4 rings (SSSR count). The van der Waals surface area contributed by atoms with E-state index in [1.165, 1.54) is 0 Å². The van der Waals surface area contributed by atoms with E-state index >= 15 is 0 Å². The maximum atomic E-state index is 9.62. The molecule has 0 aliphatic carbocycles. The highest BCUT2D eigenvalue weighted by Crippen LogP contribution is 2.37. The van der Waals surface area contributed by atoms with Crippen LogP contribution in [0, 0.1) is 0 Å². The number of pyridine rings is 1. The van der Waals surface area contributed by atoms with Crippen LogP contribution < -0.4 is 10.2 Å². The van der Waals surface area contributed by atoms with E-state index in [1.54, 1.807) is 0 Å². The fourth-order valence-electron chi connectivity index (χ4n) is 3.41. The molecule has 26 heavy (non-hydrogen) atoms. The van der Waals surface area contributed by atoms with E-state index < -0.39 is 0 Å². The predicted octanol–water partition coefficient (Wildman–Crippen LogP) is 4.69. The summed E-state index contributed by atoms with van der Waals surface area (Å²) in [7, 11) is 3.95. The third-order valence-electron chi connectivity index (χ3n) is 4.73. The van der Waals surface area contributed by atoms with E-state index in [1.807, 2.05) is 55.6 Å². The molecule has 0 amide bonds. The van der Waals surface area contributed by atoms with Crippen molar-refractivity contribution >= 4 is 38.9 Å². The number of aliphatic hydroxyl groups is 1. The number of anilines is 3. The zero-order valence-corrected chi connectivity index (χ0v) is 14.9. The van der Waals surface area contributed by atoms with Gasteiger partial charge in [0.1, 0.15) is 0 Å². The highest BCUT2D eigenvalue weighted by atomic mass is 16.3. The summed E-state index contributed by atoms with van der Waals surface area (Å²) >= 11 is 0. The van der Waals surface area contributed by atoms with Crippen LogP contribution in [-0.2, 0) is 6.61 Å². The Labute approximate surface area is 152 Å². The van der Waals surface area contributed by atoms with Gasteiger partial charge in [-0.3, -0.25) is 0 Å². The number of benzene rings is 3. The molecule has 0 unspecified atom stereocenters. The average Bonchev–Trinajstić information content (AvgIpc) is 2.71. The van der Waals surface area contributed by atoms with Crippen molar-refractivity contribution < 1.29 is 5.11 Å². The van der Waals surface area contributed by atoms with Crippen molar-refractivity contribution in [2.24, 2.45) is 0 Å². The van der Waals surface area contributed by atoms with E-state index in [2.05, 4.69) is 35.5 Å². The summed E-state index contributed by atoms with van der Waals surface area (Å²) in [6.45, 7) is 0.00814. The topological polar surface area (TPSA) is 48.4 Å². The third-order valence-corrected chi connectivity index (χ3v) is 4.73. The molecular weight excluding hydrogens is 322 g/mol. The van der Waals surface area contributed by atoms with Crippen LogP contribution in [0.4, 0.5) is 17.1 Å². The number of hydrogen-bond donors (Lipinski definition) is 2. The Hall–Kier alpha value is -3.11. The van der Waals surface area contributed by atoms with Gasteiger partial charge in [0, 0.05) is 36.2 Å². The number of aromatic nitrogens is 1. The lowest BCUT2D eigenvalue weighted by molar-refractivity contribution is 0.282. The molecule has 0 fully saturated rings. The second-order valence-electron chi connectivity index (χ2n) is 6.35. The average molecular weight is 343 g/mol. The van der Waals surface area contributed by atoms with Crippen molar-refractivity contribution in [2.75, 3.05) is 24.3 Å². The Morgan fingerprint density at radius 3 is 2.12 bits per heavy atom. The van der Waals surface area contributed by atoms with Gasteiger partial charge in [-0.25, -0.2) is 4.98 Å². The first-order chi connectivity index (χ1) is 12.7. The first-order valence-electron chi connectivity index (χ1n) is 8.65. The van der Waals surface area contributed by atoms with Gasteiger partial charge in [-0.05, 0) is 35.9 Å². The standard InChI is InChI=1S/C22H21N3O/c1-23-16-11-15(14-26)12-17(13-16)25(2)22-18-7-3-5-9-20(18)24-21-10-6-4-8-19(21)22/h3-13,23,26H,14H2,1-2H3. The van der Waals surface area contributed by atoms with Crippen LogP contribution in [0.3, 0.4) is 0 Å². The lowest BCUT2D eigenvalue weighted by atomic mass is 10.1. The summed E-state index contributed by atoms with van der Waals surface area (Å²) in [5, 5.41) is 15.0. The number of fused-ring (bicyclic) bond motifs is 2. The van der Waals surface area contributed by atoms with Crippen LogP contribution in [0.1, 0.15) is 5.56 Å². The molecule has 130 valence electrons. The summed E-state index contributed by atoms with van der Waals surface area (Å²) in [4.78, 5) is 6.98. The van der Waals surface area contributed by atoms with Gasteiger partial charge in [0.2, 0.25) is 0 Å². The highest BCUT2D eigenvalue weighted by Gasteiger charge is 2.15. The first kappa shape index (κ1) is 16.4. The van der Waals surface area contributed by atoms with Gasteiger partial charge in [-0.1, -0.05) is 36.4 Å². The van der Waals surface area contributed by atoms with Crippen molar-refractivity contribution in [3.63, 3.8) is 0 Å². The maximum absolute atomic E-state index is 9.62. The lowest BCUT2D eigenvalue weighted by Gasteiger charge is -2.24. The highest BCUT2D eigenvalue weighted by molar-refractivity contribution is 6.09. The van der Waals surface area contributed by atoms with Crippen molar-refractivity contribution in [3.05, 3.63) is 72.3 Å². The van der Waals surface area contributed by atoms with E-state index in [-0.39, 0.29) is 6.61 Å². The monoisotopic (exact) mass is 343 g/mol. The van der Waals surface area contributed by atoms with Gasteiger partial charge in [0.05, 0.1) is 23.3 Å². The molecule has 1 heterocycles. The van der Waals surface area contributed by atoms with Crippen LogP contribution in [0.25, 0.3) is 21.8 Å². The minimum absolute atomic E-state index is 0.00814. The van der Waals surface area contributed by atoms with Crippen molar-refractivity contribution in [2.45, 2.75) is 6.61 Å². The minimum atomic E-state index is 0.00814. The number of rotatable bonds is 4. The first-order valence-corrected chi connectivity index (χ1v) is 8.65.